The monoisotopic (exact) mass is 235 g/mol. The molecule has 0 amide bonds. The molecular formula is C7H9NO2S3. The number of carbonyl (C=O) groups is 1. The molecule has 13 heavy (non-hydrogen) atoms. The quantitative estimate of drug-likeness (QED) is 0.492. The third-order valence-electron chi connectivity index (χ3n) is 1.26. The Morgan fingerprint density at radius 1 is 1.85 bits per heavy atom. The predicted molar refractivity (Wildman–Crippen MR) is 58.0 cm³/mol. The summed E-state index contributed by atoms with van der Waals surface area (Å²) >= 11 is 7.03. The summed E-state index contributed by atoms with van der Waals surface area (Å²) < 4.78 is 5.55. The first-order valence-corrected chi connectivity index (χ1v) is 6.26. The van der Waals surface area contributed by atoms with E-state index in [0.29, 0.717) is 16.5 Å². The van der Waals surface area contributed by atoms with Gasteiger partial charge in [-0.25, -0.2) is 9.78 Å². The minimum atomic E-state index is -0.389. The molecule has 0 aliphatic carbocycles. The third-order valence-corrected chi connectivity index (χ3v) is 2.99. The van der Waals surface area contributed by atoms with Crippen LogP contribution in [0.5, 0.6) is 0 Å². The van der Waals surface area contributed by atoms with E-state index in [9.17, 15) is 4.79 Å². The number of nitrogens with zero attached hydrogens (tertiary/aromatic N) is 1. The molecule has 3 nitrogen and oxygen atoms in total. The average Bonchev–Trinajstić information content (AvgIpc) is 2.52. The lowest BCUT2D eigenvalue weighted by molar-refractivity contribution is 0.0520. The van der Waals surface area contributed by atoms with Crippen molar-refractivity contribution < 1.29 is 9.53 Å². The number of ether oxygens (including phenoxy) is 1. The fraction of sp³-hybridized carbons (Fsp3) is 0.429. The number of thiazole rings is 1. The summed E-state index contributed by atoms with van der Waals surface area (Å²) in [7, 11) is 0. The zero-order valence-corrected chi connectivity index (χ0v) is 9.55. The van der Waals surface area contributed by atoms with Gasteiger partial charge >= 0.3 is 5.97 Å². The first-order valence-electron chi connectivity index (χ1n) is 3.54. The van der Waals surface area contributed by atoms with Gasteiger partial charge in [-0.15, -0.1) is 24.0 Å². The zero-order chi connectivity index (χ0) is 9.68. The van der Waals surface area contributed by atoms with Gasteiger partial charge in [-0.3, -0.25) is 0 Å². The van der Waals surface area contributed by atoms with Crippen molar-refractivity contribution in [3.05, 3.63) is 11.2 Å². The van der Waals surface area contributed by atoms with E-state index >= 15 is 0 Å². The highest BCUT2D eigenvalue weighted by Crippen LogP contribution is 2.18. The van der Waals surface area contributed by atoms with Gasteiger partial charge in [-0.1, -0.05) is 0 Å². The summed E-state index contributed by atoms with van der Waals surface area (Å²) in [6, 6.07) is 0. The van der Waals surface area contributed by atoms with Crippen LogP contribution in [-0.4, -0.2) is 29.6 Å². The van der Waals surface area contributed by atoms with E-state index < -0.39 is 0 Å². The Morgan fingerprint density at radius 2 is 2.62 bits per heavy atom. The largest absolute Gasteiger partial charge is 0.460 e. The first kappa shape index (κ1) is 10.9. The second-order valence-corrected chi connectivity index (χ2v) is 4.72. The molecule has 0 saturated heterocycles. The number of hydrogen-bond acceptors (Lipinski definition) is 6. The van der Waals surface area contributed by atoms with Crippen LogP contribution < -0.4 is 0 Å². The molecule has 0 aliphatic heterocycles. The minimum absolute atomic E-state index is 0.314. The molecule has 1 aromatic heterocycles. The molecule has 0 bridgehead atoms. The number of thioether (sulfide) groups is 1. The summed E-state index contributed by atoms with van der Waals surface area (Å²) in [6.07, 6.45) is 1.96. The van der Waals surface area contributed by atoms with E-state index in [1.807, 2.05) is 6.26 Å². The molecule has 6 heteroatoms. The highest BCUT2D eigenvalue weighted by molar-refractivity contribution is 7.98. The van der Waals surface area contributed by atoms with Gasteiger partial charge in [0.25, 0.3) is 0 Å². The topological polar surface area (TPSA) is 39.2 Å². The van der Waals surface area contributed by atoms with Crippen LogP contribution >= 0.6 is 35.7 Å². The van der Waals surface area contributed by atoms with Gasteiger partial charge < -0.3 is 4.74 Å². The maximum atomic E-state index is 11.3. The summed E-state index contributed by atoms with van der Waals surface area (Å²) in [5.41, 5.74) is 1.89. The summed E-state index contributed by atoms with van der Waals surface area (Å²) in [6.45, 7) is 0.421. The lowest BCUT2D eigenvalue weighted by Gasteiger charge is -2.00. The molecule has 0 aliphatic rings. The van der Waals surface area contributed by atoms with Gasteiger partial charge in [0, 0.05) is 5.75 Å². The minimum Gasteiger partial charge on any atom is -0.460 e. The van der Waals surface area contributed by atoms with E-state index in [-0.39, 0.29) is 5.97 Å². The molecule has 0 saturated carbocycles. The SMILES string of the molecule is CSCCOC(=O)c1ncsc1S. The van der Waals surface area contributed by atoms with E-state index in [1.54, 1.807) is 17.3 Å². The molecule has 1 heterocycles. The summed E-state index contributed by atoms with van der Waals surface area (Å²) in [5, 5.41) is 0. The lowest BCUT2D eigenvalue weighted by atomic mass is 10.5. The Balaban J connectivity index is 2.45. The van der Waals surface area contributed by atoms with Crippen molar-refractivity contribution in [3.63, 3.8) is 0 Å². The van der Waals surface area contributed by atoms with Crippen molar-refractivity contribution in [1.29, 1.82) is 0 Å². The third kappa shape index (κ3) is 3.21. The fourth-order valence-corrected chi connectivity index (χ4v) is 1.71. The molecule has 1 aromatic rings. The normalized spacial score (nSPS) is 10.0. The molecule has 0 unspecified atom stereocenters. The van der Waals surface area contributed by atoms with E-state index in [0.717, 1.165) is 5.75 Å². The molecule has 0 aromatic carbocycles. The predicted octanol–water partition coefficient (Wildman–Crippen LogP) is 1.95. The van der Waals surface area contributed by atoms with E-state index in [2.05, 4.69) is 17.6 Å². The van der Waals surface area contributed by atoms with Crippen LogP contribution in [0.25, 0.3) is 0 Å². The van der Waals surface area contributed by atoms with Crippen LogP contribution in [0.1, 0.15) is 10.5 Å². The lowest BCUT2D eigenvalue weighted by Crippen LogP contribution is -2.08. The van der Waals surface area contributed by atoms with Crippen LogP contribution in [0, 0.1) is 0 Å². The molecule has 0 atom stereocenters. The summed E-state index contributed by atoms with van der Waals surface area (Å²) in [5.74, 6) is 0.415. The molecule has 0 spiro atoms. The van der Waals surface area contributed by atoms with Crippen LogP contribution in [0.2, 0.25) is 0 Å². The van der Waals surface area contributed by atoms with Crippen molar-refractivity contribution in [2.75, 3.05) is 18.6 Å². The molecule has 0 N–H and O–H groups in total. The molecule has 1 rings (SSSR count). The fourth-order valence-electron chi connectivity index (χ4n) is 0.666. The number of esters is 1. The number of carbonyl (C=O) groups excluding carboxylic acids is 1. The average molecular weight is 235 g/mol. The van der Waals surface area contributed by atoms with Crippen molar-refractivity contribution in [3.8, 4) is 0 Å². The van der Waals surface area contributed by atoms with Crippen LogP contribution in [0.3, 0.4) is 0 Å². The van der Waals surface area contributed by atoms with Crippen molar-refractivity contribution in [2.45, 2.75) is 4.21 Å². The van der Waals surface area contributed by atoms with Gasteiger partial charge in [0.05, 0.1) is 9.72 Å². The second kappa shape index (κ2) is 5.51. The Bertz CT molecular complexity index is 287. The number of thiol groups is 1. The Labute approximate surface area is 90.3 Å². The maximum absolute atomic E-state index is 11.3. The zero-order valence-electron chi connectivity index (χ0n) is 7.02. The van der Waals surface area contributed by atoms with Gasteiger partial charge in [0.1, 0.15) is 6.61 Å². The van der Waals surface area contributed by atoms with E-state index in [1.165, 1.54) is 11.3 Å². The van der Waals surface area contributed by atoms with Crippen molar-refractivity contribution in [2.24, 2.45) is 0 Å². The van der Waals surface area contributed by atoms with Gasteiger partial charge in [-0.2, -0.15) is 11.8 Å². The second-order valence-electron chi connectivity index (χ2n) is 2.13. The molecular weight excluding hydrogens is 226 g/mol. The Hall–Kier alpha value is -0.200. The van der Waals surface area contributed by atoms with Gasteiger partial charge in [0.2, 0.25) is 0 Å². The highest BCUT2D eigenvalue weighted by Gasteiger charge is 2.13. The standard InChI is InChI=1S/C7H9NO2S3/c1-12-3-2-10-6(9)5-7(11)13-4-8-5/h4,11H,2-3H2,1H3. The van der Waals surface area contributed by atoms with Crippen LogP contribution in [0.4, 0.5) is 0 Å². The first-order chi connectivity index (χ1) is 6.25. The smallest absolute Gasteiger partial charge is 0.359 e. The van der Waals surface area contributed by atoms with E-state index in [4.69, 9.17) is 4.74 Å². The number of rotatable bonds is 4. The molecule has 0 fully saturated rings. The van der Waals surface area contributed by atoms with Crippen molar-refractivity contribution in [1.82, 2.24) is 4.98 Å². The van der Waals surface area contributed by atoms with Gasteiger partial charge in [-0.05, 0) is 6.26 Å². The van der Waals surface area contributed by atoms with Crippen molar-refractivity contribution >= 4 is 41.7 Å². The van der Waals surface area contributed by atoms with Gasteiger partial charge in [0.15, 0.2) is 5.69 Å². The number of aromatic nitrogens is 1. The number of hydrogen-bond donors (Lipinski definition) is 1. The Kier molecular flexibility index (Phi) is 4.61. The van der Waals surface area contributed by atoms with Crippen LogP contribution in [-0.2, 0) is 4.74 Å². The van der Waals surface area contributed by atoms with Crippen LogP contribution in [0.15, 0.2) is 9.72 Å². The highest BCUT2D eigenvalue weighted by atomic mass is 32.2. The Morgan fingerprint density at radius 3 is 3.15 bits per heavy atom. The molecule has 0 radical (unpaired) electrons. The summed E-state index contributed by atoms with van der Waals surface area (Å²) in [4.78, 5) is 15.1. The molecule has 72 valence electrons. The maximum Gasteiger partial charge on any atom is 0.359 e.